The van der Waals surface area contributed by atoms with Gasteiger partial charge in [0, 0.05) is 46.7 Å². The Morgan fingerprint density at radius 2 is 2.29 bits per heavy atom. The number of fused-ring (bicyclic) bond motifs is 2. The fourth-order valence-corrected chi connectivity index (χ4v) is 4.44. The highest BCUT2D eigenvalue weighted by molar-refractivity contribution is 7.80. The predicted molar refractivity (Wildman–Crippen MR) is 102 cm³/mol. The lowest BCUT2D eigenvalue weighted by Gasteiger charge is -2.36. The van der Waals surface area contributed by atoms with Crippen molar-refractivity contribution in [1.29, 1.82) is 0 Å². The van der Waals surface area contributed by atoms with E-state index < -0.39 is 0 Å². The summed E-state index contributed by atoms with van der Waals surface area (Å²) in [6.45, 7) is 0.834. The molecule has 1 atom stereocenters. The van der Waals surface area contributed by atoms with E-state index >= 15 is 0 Å². The van der Waals surface area contributed by atoms with Crippen molar-refractivity contribution in [1.82, 2.24) is 9.88 Å². The molecule has 0 radical (unpaired) electrons. The Morgan fingerprint density at radius 3 is 3.17 bits per heavy atom. The minimum Gasteiger partial charge on any atom is -0.394 e. The number of aromatic nitrogens is 1. The van der Waals surface area contributed by atoms with Gasteiger partial charge in [-0.3, -0.25) is 4.98 Å². The quantitative estimate of drug-likeness (QED) is 0.690. The number of thiophene rings is 1. The molecule has 1 aromatic carbocycles. The number of pyridine rings is 1. The second-order valence-corrected chi connectivity index (χ2v) is 7.26. The second-order valence-electron chi connectivity index (χ2n) is 5.87. The van der Waals surface area contributed by atoms with Gasteiger partial charge < -0.3 is 15.3 Å². The van der Waals surface area contributed by atoms with Crippen molar-refractivity contribution in [2.75, 3.05) is 11.9 Å². The van der Waals surface area contributed by atoms with Crippen LogP contribution < -0.4 is 5.32 Å². The van der Waals surface area contributed by atoms with Crippen LogP contribution in [0.3, 0.4) is 0 Å². The zero-order chi connectivity index (χ0) is 16.5. The Balaban J connectivity index is 1.61. The van der Waals surface area contributed by atoms with E-state index in [1.165, 1.54) is 10.4 Å². The molecule has 4 nitrogen and oxygen atoms in total. The van der Waals surface area contributed by atoms with E-state index in [4.69, 9.17) is 12.2 Å². The minimum atomic E-state index is 0.0211. The molecular weight excluding hydrogens is 338 g/mol. The summed E-state index contributed by atoms with van der Waals surface area (Å²) < 4.78 is 0. The van der Waals surface area contributed by atoms with Gasteiger partial charge in [0.15, 0.2) is 5.11 Å². The maximum absolute atomic E-state index is 9.78. The second kappa shape index (κ2) is 6.47. The number of aliphatic hydroxyl groups excluding tert-OH is 1. The Kier molecular flexibility index (Phi) is 4.18. The van der Waals surface area contributed by atoms with E-state index in [0.29, 0.717) is 5.11 Å². The van der Waals surface area contributed by atoms with E-state index in [-0.39, 0.29) is 12.6 Å². The maximum Gasteiger partial charge on any atom is 0.174 e. The molecule has 3 heterocycles. The van der Waals surface area contributed by atoms with Gasteiger partial charge in [0.2, 0.25) is 0 Å². The minimum absolute atomic E-state index is 0.0211. The number of hydrogen-bond acceptors (Lipinski definition) is 4. The largest absolute Gasteiger partial charge is 0.394 e. The summed E-state index contributed by atoms with van der Waals surface area (Å²) in [5, 5.41) is 18.1. The molecule has 1 aliphatic rings. The number of aliphatic hydroxyl groups is 1. The van der Waals surface area contributed by atoms with Crippen molar-refractivity contribution < 1.29 is 5.11 Å². The summed E-state index contributed by atoms with van der Waals surface area (Å²) in [6, 6.07) is 10.2. The molecule has 2 aromatic heterocycles. The van der Waals surface area contributed by atoms with Crippen LogP contribution in [-0.2, 0) is 13.0 Å². The summed E-state index contributed by atoms with van der Waals surface area (Å²) in [4.78, 5) is 7.60. The van der Waals surface area contributed by atoms with Gasteiger partial charge in [-0.1, -0.05) is 12.1 Å². The van der Waals surface area contributed by atoms with E-state index in [2.05, 4.69) is 26.6 Å². The molecule has 0 bridgehead atoms. The average molecular weight is 355 g/mol. The number of nitrogens with zero attached hydrogens (tertiary/aromatic N) is 2. The fraction of sp³-hybridized carbons (Fsp3) is 0.222. The third-order valence-corrected chi connectivity index (χ3v) is 5.76. The molecule has 3 aromatic rings. The summed E-state index contributed by atoms with van der Waals surface area (Å²) in [7, 11) is 0. The first-order chi connectivity index (χ1) is 11.8. The summed E-state index contributed by atoms with van der Waals surface area (Å²) in [6.07, 6.45) is 4.47. The summed E-state index contributed by atoms with van der Waals surface area (Å²) in [5.41, 5.74) is 2.27. The lowest BCUT2D eigenvalue weighted by molar-refractivity contribution is 0.169. The Labute approximate surface area is 149 Å². The SMILES string of the molecule is OCC1Cc2sccc2CN1C(=S)Nc1cccc2cnccc12. The van der Waals surface area contributed by atoms with Gasteiger partial charge in [0.25, 0.3) is 0 Å². The zero-order valence-corrected chi connectivity index (χ0v) is 14.6. The summed E-state index contributed by atoms with van der Waals surface area (Å²) in [5.74, 6) is 0. The van der Waals surface area contributed by atoms with Crippen molar-refractivity contribution in [3.63, 3.8) is 0 Å². The van der Waals surface area contributed by atoms with Crippen LogP contribution in [0.1, 0.15) is 10.4 Å². The number of anilines is 1. The van der Waals surface area contributed by atoms with Crippen molar-refractivity contribution in [3.05, 3.63) is 58.5 Å². The van der Waals surface area contributed by atoms with Crippen LogP contribution >= 0.6 is 23.6 Å². The highest BCUT2D eigenvalue weighted by atomic mass is 32.1. The van der Waals surface area contributed by atoms with Crippen LogP contribution in [0, 0.1) is 0 Å². The molecule has 122 valence electrons. The smallest absolute Gasteiger partial charge is 0.174 e. The molecule has 0 amide bonds. The first-order valence-corrected chi connectivity index (χ1v) is 9.11. The maximum atomic E-state index is 9.78. The van der Waals surface area contributed by atoms with Crippen LogP contribution in [0.2, 0.25) is 0 Å². The predicted octanol–water partition coefficient (Wildman–Crippen LogP) is 3.41. The molecule has 0 saturated carbocycles. The van der Waals surface area contributed by atoms with Crippen molar-refractivity contribution in [3.8, 4) is 0 Å². The third-order valence-electron chi connectivity index (χ3n) is 4.43. The molecule has 24 heavy (non-hydrogen) atoms. The number of benzene rings is 1. The van der Waals surface area contributed by atoms with Gasteiger partial charge >= 0.3 is 0 Å². The van der Waals surface area contributed by atoms with Gasteiger partial charge in [0.05, 0.1) is 12.6 Å². The van der Waals surface area contributed by atoms with Gasteiger partial charge in [0.1, 0.15) is 0 Å². The topological polar surface area (TPSA) is 48.4 Å². The molecule has 0 fully saturated rings. The Hall–Kier alpha value is -2.02. The van der Waals surface area contributed by atoms with Crippen LogP contribution in [0.15, 0.2) is 48.1 Å². The zero-order valence-electron chi connectivity index (χ0n) is 13.0. The molecule has 0 saturated heterocycles. The lowest BCUT2D eigenvalue weighted by Crippen LogP contribution is -2.47. The fourth-order valence-electron chi connectivity index (χ4n) is 3.14. The van der Waals surface area contributed by atoms with Gasteiger partial charge in [-0.25, -0.2) is 0 Å². The molecule has 4 rings (SSSR count). The lowest BCUT2D eigenvalue weighted by atomic mass is 10.0. The van der Waals surface area contributed by atoms with E-state index in [9.17, 15) is 5.11 Å². The van der Waals surface area contributed by atoms with Gasteiger partial charge in [-0.05, 0) is 41.4 Å². The summed E-state index contributed by atoms with van der Waals surface area (Å²) >= 11 is 7.41. The van der Waals surface area contributed by atoms with Crippen molar-refractivity contribution in [2.45, 2.75) is 19.0 Å². The first-order valence-electron chi connectivity index (χ1n) is 7.82. The Morgan fingerprint density at radius 1 is 1.38 bits per heavy atom. The first kappa shape index (κ1) is 15.5. The number of rotatable bonds is 2. The van der Waals surface area contributed by atoms with Crippen LogP contribution in [0.5, 0.6) is 0 Å². The van der Waals surface area contributed by atoms with E-state index in [1.54, 1.807) is 17.5 Å². The molecular formula is C18H17N3OS2. The number of nitrogens with one attached hydrogen (secondary N) is 1. The molecule has 1 unspecified atom stereocenters. The highest BCUT2D eigenvalue weighted by Gasteiger charge is 2.28. The number of hydrogen-bond donors (Lipinski definition) is 2. The van der Waals surface area contributed by atoms with E-state index in [1.807, 2.05) is 30.5 Å². The highest BCUT2D eigenvalue weighted by Crippen LogP contribution is 2.29. The normalized spacial score (nSPS) is 16.9. The van der Waals surface area contributed by atoms with Crippen LogP contribution in [0.4, 0.5) is 5.69 Å². The van der Waals surface area contributed by atoms with Crippen molar-refractivity contribution in [2.24, 2.45) is 0 Å². The average Bonchev–Trinajstić information content (AvgIpc) is 3.08. The Bertz CT molecular complexity index is 887. The number of thiocarbonyl (C=S) groups is 1. The van der Waals surface area contributed by atoms with E-state index in [0.717, 1.165) is 29.4 Å². The van der Waals surface area contributed by atoms with Crippen LogP contribution in [-0.4, -0.2) is 32.8 Å². The molecule has 0 aliphatic carbocycles. The van der Waals surface area contributed by atoms with Gasteiger partial charge in [-0.15, -0.1) is 11.3 Å². The monoisotopic (exact) mass is 355 g/mol. The molecule has 0 spiro atoms. The van der Waals surface area contributed by atoms with Gasteiger partial charge in [-0.2, -0.15) is 0 Å². The molecule has 2 N–H and O–H groups in total. The van der Waals surface area contributed by atoms with Crippen LogP contribution in [0.25, 0.3) is 10.8 Å². The molecule has 1 aliphatic heterocycles. The third kappa shape index (κ3) is 2.77. The molecule has 6 heteroatoms. The van der Waals surface area contributed by atoms with Crippen molar-refractivity contribution >= 4 is 45.1 Å². The standard InChI is InChI=1S/C18H17N3OS2/c22-11-14-8-17-13(5-7-24-17)10-21(14)18(23)20-16-3-1-2-12-9-19-6-4-15(12)16/h1-7,9,14,22H,8,10-11H2,(H,20,23).